The summed E-state index contributed by atoms with van der Waals surface area (Å²) in [6.45, 7) is 0. The summed E-state index contributed by atoms with van der Waals surface area (Å²) in [5.41, 5.74) is 1.02. The lowest BCUT2D eigenvalue weighted by molar-refractivity contribution is 0.102. The minimum absolute atomic E-state index is 0.183. The molecule has 1 aromatic heterocycles. The molecule has 3 rings (SSSR count). The van der Waals surface area contributed by atoms with Gasteiger partial charge in [0.2, 0.25) is 0 Å². The molecule has 1 amide bonds. The average Bonchev–Trinajstić information content (AvgIpc) is 3.18. The first-order valence-electron chi connectivity index (χ1n) is 7.60. The van der Waals surface area contributed by atoms with Gasteiger partial charge in [0.05, 0.1) is 18.4 Å². The molecule has 0 unspecified atom stereocenters. The number of hydrogen-bond acceptors (Lipinski definition) is 5. The topological polar surface area (TPSA) is 84.5 Å². The average molecular weight is 388 g/mol. The van der Waals surface area contributed by atoms with Crippen LogP contribution in [0.25, 0.3) is 0 Å². The van der Waals surface area contributed by atoms with Gasteiger partial charge in [-0.25, -0.2) is 8.42 Å². The number of thiophene rings is 1. The molecule has 3 aromatic rings. The molecule has 0 bridgehead atoms. The summed E-state index contributed by atoms with van der Waals surface area (Å²) < 4.78 is 32.6. The molecule has 0 atom stereocenters. The van der Waals surface area contributed by atoms with Gasteiger partial charge in [0.15, 0.2) is 0 Å². The van der Waals surface area contributed by atoms with Gasteiger partial charge in [0.1, 0.15) is 9.96 Å². The van der Waals surface area contributed by atoms with Gasteiger partial charge >= 0.3 is 0 Å². The summed E-state index contributed by atoms with van der Waals surface area (Å²) in [6, 6.07) is 16.5. The Morgan fingerprint density at radius 3 is 2.38 bits per heavy atom. The van der Waals surface area contributed by atoms with Crippen molar-refractivity contribution in [1.29, 1.82) is 0 Å². The van der Waals surface area contributed by atoms with Crippen LogP contribution in [0.2, 0.25) is 0 Å². The van der Waals surface area contributed by atoms with Gasteiger partial charge in [0, 0.05) is 5.69 Å². The molecule has 8 heteroatoms. The van der Waals surface area contributed by atoms with E-state index in [1.165, 1.54) is 6.07 Å². The number of methoxy groups -OCH3 is 1. The molecule has 0 fully saturated rings. The largest absolute Gasteiger partial charge is 0.497 e. The molecular formula is C18H16N2O4S2. The van der Waals surface area contributed by atoms with Crippen molar-refractivity contribution in [3.8, 4) is 5.75 Å². The van der Waals surface area contributed by atoms with Gasteiger partial charge < -0.3 is 10.1 Å². The van der Waals surface area contributed by atoms with E-state index < -0.39 is 15.9 Å². The lowest BCUT2D eigenvalue weighted by atomic mass is 10.1. The number of amides is 1. The Bertz CT molecular complexity index is 998. The Labute approximate surface area is 155 Å². The minimum atomic E-state index is -3.74. The van der Waals surface area contributed by atoms with E-state index in [-0.39, 0.29) is 15.5 Å². The van der Waals surface area contributed by atoms with Gasteiger partial charge in [-0.05, 0) is 47.8 Å². The van der Waals surface area contributed by atoms with E-state index in [1.807, 2.05) is 0 Å². The van der Waals surface area contributed by atoms with Crippen molar-refractivity contribution >= 4 is 38.6 Å². The van der Waals surface area contributed by atoms with Gasteiger partial charge in [0.25, 0.3) is 15.9 Å². The van der Waals surface area contributed by atoms with E-state index >= 15 is 0 Å². The summed E-state index contributed by atoms with van der Waals surface area (Å²) in [7, 11) is -2.18. The van der Waals surface area contributed by atoms with Crippen molar-refractivity contribution in [1.82, 2.24) is 0 Å². The Balaban J connectivity index is 1.83. The van der Waals surface area contributed by atoms with Crippen LogP contribution in [0.4, 0.5) is 11.4 Å². The van der Waals surface area contributed by atoms with Gasteiger partial charge in [-0.2, -0.15) is 0 Å². The highest BCUT2D eigenvalue weighted by molar-refractivity contribution is 7.94. The number of carbonyl (C=O) groups is 1. The van der Waals surface area contributed by atoms with E-state index in [0.29, 0.717) is 11.4 Å². The van der Waals surface area contributed by atoms with Crippen LogP contribution in [0.1, 0.15) is 10.4 Å². The molecule has 2 N–H and O–H groups in total. The normalized spacial score (nSPS) is 11.0. The second-order valence-corrected chi connectivity index (χ2v) is 8.12. The monoisotopic (exact) mass is 388 g/mol. The number of nitrogens with one attached hydrogen (secondary N) is 2. The Morgan fingerprint density at radius 1 is 1.00 bits per heavy atom. The summed E-state index contributed by atoms with van der Waals surface area (Å²) in [4.78, 5) is 12.6. The predicted octanol–water partition coefficient (Wildman–Crippen LogP) is 3.81. The van der Waals surface area contributed by atoms with E-state index in [2.05, 4.69) is 10.0 Å². The van der Waals surface area contributed by atoms with Crippen LogP contribution in [0.3, 0.4) is 0 Å². The maximum absolute atomic E-state index is 12.6. The SMILES string of the molecule is COc1ccc(NC(=O)c2ccccc2NS(=O)(=O)c2cccs2)cc1. The van der Waals surface area contributed by atoms with Crippen LogP contribution in [-0.2, 0) is 10.0 Å². The molecule has 2 aromatic carbocycles. The van der Waals surface area contributed by atoms with Crippen molar-refractivity contribution in [2.45, 2.75) is 4.21 Å². The van der Waals surface area contributed by atoms with Gasteiger partial charge in [-0.1, -0.05) is 18.2 Å². The highest BCUT2D eigenvalue weighted by Gasteiger charge is 2.19. The smallest absolute Gasteiger partial charge is 0.271 e. The molecule has 26 heavy (non-hydrogen) atoms. The van der Waals surface area contributed by atoms with Crippen LogP contribution in [0, 0.1) is 0 Å². The van der Waals surface area contributed by atoms with Gasteiger partial charge in [-0.15, -0.1) is 11.3 Å². The quantitative estimate of drug-likeness (QED) is 0.672. The molecule has 134 valence electrons. The molecule has 0 radical (unpaired) electrons. The second-order valence-electron chi connectivity index (χ2n) is 5.27. The van der Waals surface area contributed by atoms with E-state index in [1.54, 1.807) is 67.1 Å². The van der Waals surface area contributed by atoms with Crippen molar-refractivity contribution in [2.75, 3.05) is 17.1 Å². The lowest BCUT2D eigenvalue weighted by Gasteiger charge is -2.12. The van der Waals surface area contributed by atoms with Crippen molar-refractivity contribution in [3.63, 3.8) is 0 Å². The fourth-order valence-electron chi connectivity index (χ4n) is 2.25. The molecule has 0 aliphatic heterocycles. The summed E-state index contributed by atoms with van der Waals surface area (Å²) >= 11 is 1.11. The Hall–Kier alpha value is -2.84. The number of hydrogen-bond donors (Lipinski definition) is 2. The maximum Gasteiger partial charge on any atom is 0.271 e. The number of para-hydroxylation sites is 1. The molecule has 6 nitrogen and oxygen atoms in total. The summed E-state index contributed by atoms with van der Waals surface area (Å²) in [5.74, 6) is 0.256. The highest BCUT2D eigenvalue weighted by Crippen LogP contribution is 2.24. The third-order valence-corrected chi connectivity index (χ3v) is 6.29. The Morgan fingerprint density at radius 2 is 1.73 bits per heavy atom. The van der Waals surface area contributed by atoms with Crippen LogP contribution in [0.5, 0.6) is 5.75 Å². The molecule has 1 heterocycles. The molecule has 0 aliphatic rings. The van der Waals surface area contributed by atoms with Crippen molar-refractivity contribution < 1.29 is 17.9 Å². The zero-order valence-corrected chi connectivity index (χ0v) is 15.4. The number of carbonyl (C=O) groups excluding carboxylic acids is 1. The zero-order chi connectivity index (χ0) is 18.6. The van der Waals surface area contributed by atoms with E-state index in [4.69, 9.17) is 4.74 Å². The molecule has 0 aliphatic carbocycles. The zero-order valence-electron chi connectivity index (χ0n) is 13.8. The molecular weight excluding hydrogens is 372 g/mol. The van der Waals surface area contributed by atoms with Crippen LogP contribution < -0.4 is 14.8 Å². The fraction of sp³-hybridized carbons (Fsp3) is 0.0556. The van der Waals surface area contributed by atoms with Crippen molar-refractivity contribution in [3.05, 3.63) is 71.6 Å². The van der Waals surface area contributed by atoms with Crippen LogP contribution in [-0.4, -0.2) is 21.4 Å². The number of benzene rings is 2. The lowest BCUT2D eigenvalue weighted by Crippen LogP contribution is -2.18. The van der Waals surface area contributed by atoms with Gasteiger partial charge in [-0.3, -0.25) is 9.52 Å². The number of sulfonamides is 1. The first-order chi connectivity index (χ1) is 12.5. The molecule has 0 saturated heterocycles. The number of rotatable bonds is 6. The molecule has 0 spiro atoms. The van der Waals surface area contributed by atoms with E-state index in [9.17, 15) is 13.2 Å². The predicted molar refractivity (Wildman–Crippen MR) is 103 cm³/mol. The third kappa shape index (κ3) is 4.04. The summed E-state index contributed by atoms with van der Waals surface area (Å²) in [5, 5.41) is 4.42. The first kappa shape index (κ1) is 18.0. The van der Waals surface area contributed by atoms with Crippen LogP contribution in [0.15, 0.2) is 70.3 Å². The second kappa shape index (κ2) is 7.59. The van der Waals surface area contributed by atoms with Crippen molar-refractivity contribution in [2.24, 2.45) is 0 Å². The fourth-order valence-corrected chi connectivity index (χ4v) is 4.33. The molecule has 0 saturated carbocycles. The minimum Gasteiger partial charge on any atom is -0.497 e. The van der Waals surface area contributed by atoms with E-state index in [0.717, 1.165) is 11.3 Å². The Kier molecular flexibility index (Phi) is 5.24. The number of anilines is 2. The summed E-state index contributed by atoms with van der Waals surface area (Å²) in [6.07, 6.45) is 0. The number of ether oxygens (including phenoxy) is 1. The maximum atomic E-state index is 12.6. The first-order valence-corrected chi connectivity index (χ1v) is 9.96. The highest BCUT2D eigenvalue weighted by atomic mass is 32.2. The van der Waals surface area contributed by atoms with Crippen LogP contribution >= 0.6 is 11.3 Å². The third-order valence-electron chi connectivity index (χ3n) is 3.52. The standard InChI is InChI=1S/C18H16N2O4S2/c1-24-14-10-8-13(9-11-14)19-18(21)15-5-2-3-6-16(15)20-26(22,23)17-7-4-12-25-17/h2-12,20H,1H3,(H,19,21).